The van der Waals surface area contributed by atoms with Gasteiger partial charge in [-0.1, -0.05) is 6.92 Å². The molecule has 1 heterocycles. The molecule has 0 aromatic heterocycles. The number of anilines is 1. The van der Waals surface area contributed by atoms with Crippen molar-refractivity contribution < 1.29 is 19.1 Å². The fourth-order valence-corrected chi connectivity index (χ4v) is 3.84. The second-order valence-electron chi connectivity index (χ2n) is 7.69. The largest absolute Gasteiger partial charge is 0.452 e. The monoisotopic (exact) mass is 372 g/mol. The van der Waals surface area contributed by atoms with Crippen molar-refractivity contribution in [3.8, 4) is 0 Å². The van der Waals surface area contributed by atoms with Crippen molar-refractivity contribution in [2.75, 3.05) is 25.1 Å². The molecule has 1 saturated heterocycles. The minimum Gasteiger partial charge on any atom is -0.452 e. The van der Waals surface area contributed by atoms with Crippen molar-refractivity contribution in [3.63, 3.8) is 0 Å². The Bertz CT molecular complexity index is 693. The van der Waals surface area contributed by atoms with Gasteiger partial charge in [0.1, 0.15) is 0 Å². The lowest BCUT2D eigenvalue weighted by atomic mass is 9.87. The van der Waals surface area contributed by atoms with Crippen LogP contribution in [0.5, 0.6) is 0 Å². The third-order valence-electron chi connectivity index (χ3n) is 5.74. The second-order valence-corrected chi connectivity index (χ2v) is 7.69. The van der Waals surface area contributed by atoms with E-state index in [0.29, 0.717) is 18.5 Å². The molecule has 6 heteroatoms. The number of hydrogen-bond acceptors (Lipinski definition) is 4. The van der Waals surface area contributed by atoms with E-state index >= 15 is 0 Å². The molecule has 0 unspecified atom stereocenters. The second kappa shape index (κ2) is 8.55. The highest BCUT2D eigenvalue weighted by atomic mass is 16.5. The molecule has 0 N–H and O–H groups in total. The molecule has 0 atom stereocenters. The Labute approximate surface area is 160 Å². The van der Waals surface area contributed by atoms with Gasteiger partial charge >= 0.3 is 5.97 Å². The molecular formula is C21H28N2O4. The third-order valence-corrected chi connectivity index (χ3v) is 5.74. The van der Waals surface area contributed by atoms with Gasteiger partial charge in [-0.3, -0.25) is 9.59 Å². The number of esters is 1. The summed E-state index contributed by atoms with van der Waals surface area (Å²) in [4.78, 5) is 39.8. The van der Waals surface area contributed by atoms with Gasteiger partial charge in [0.05, 0.1) is 5.56 Å². The number of carbonyl (C=O) groups excluding carboxylic acids is 3. The summed E-state index contributed by atoms with van der Waals surface area (Å²) in [6, 6.07) is 7.01. The van der Waals surface area contributed by atoms with Crippen molar-refractivity contribution in [3.05, 3.63) is 29.8 Å². The Balaban J connectivity index is 1.50. The number of likely N-dealkylation sites (N-methyl/N-ethyl adjacent to an activating group) is 1. The first-order chi connectivity index (χ1) is 13.0. The summed E-state index contributed by atoms with van der Waals surface area (Å²) in [5.74, 6) is 0.146. The normalized spacial score (nSPS) is 22.6. The van der Waals surface area contributed by atoms with Gasteiger partial charge < -0.3 is 14.5 Å². The Morgan fingerprint density at radius 2 is 1.81 bits per heavy atom. The van der Waals surface area contributed by atoms with Crippen molar-refractivity contribution in [2.24, 2.45) is 5.92 Å². The Morgan fingerprint density at radius 3 is 2.41 bits per heavy atom. The van der Waals surface area contributed by atoms with Crippen LogP contribution in [-0.4, -0.2) is 48.9 Å². The van der Waals surface area contributed by atoms with E-state index in [9.17, 15) is 14.4 Å². The quantitative estimate of drug-likeness (QED) is 0.745. The molecule has 2 aliphatic rings. The highest BCUT2D eigenvalue weighted by Gasteiger charge is 2.26. The van der Waals surface area contributed by atoms with Gasteiger partial charge in [0, 0.05) is 31.7 Å². The minimum absolute atomic E-state index is 0.107. The number of hydrogen-bond donors (Lipinski definition) is 0. The number of ether oxygens (including phenoxy) is 1. The molecule has 1 saturated carbocycles. The topological polar surface area (TPSA) is 66.9 Å². The fourth-order valence-electron chi connectivity index (χ4n) is 3.84. The summed E-state index contributed by atoms with van der Waals surface area (Å²) < 4.78 is 5.20. The lowest BCUT2D eigenvalue weighted by molar-refractivity contribution is -0.136. The Hall–Kier alpha value is -2.37. The molecule has 1 aromatic rings. The average Bonchev–Trinajstić information content (AvgIpc) is 3.12. The molecule has 0 bridgehead atoms. The van der Waals surface area contributed by atoms with E-state index in [1.54, 1.807) is 41.1 Å². The SMILES string of the molecule is CC1CCC(N(C)C(=O)COC(=O)c2ccc(N3CCCC3=O)cc2)CC1. The van der Waals surface area contributed by atoms with Crippen LogP contribution in [0.25, 0.3) is 0 Å². The van der Waals surface area contributed by atoms with E-state index in [1.165, 1.54) is 0 Å². The van der Waals surface area contributed by atoms with Crippen molar-refractivity contribution >= 4 is 23.5 Å². The van der Waals surface area contributed by atoms with Gasteiger partial charge in [-0.2, -0.15) is 0 Å². The van der Waals surface area contributed by atoms with Gasteiger partial charge in [-0.15, -0.1) is 0 Å². The highest BCUT2D eigenvalue weighted by molar-refractivity contribution is 5.96. The molecular weight excluding hydrogens is 344 g/mol. The van der Waals surface area contributed by atoms with Crippen LogP contribution >= 0.6 is 0 Å². The van der Waals surface area contributed by atoms with Crippen LogP contribution in [0, 0.1) is 5.92 Å². The van der Waals surface area contributed by atoms with E-state index in [0.717, 1.165) is 43.7 Å². The van der Waals surface area contributed by atoms with E-state index in [1.807, 2.05) is 0 Å². The zero-order valence-corrected chi connectivity index (χ0v) is 16.1. The maximum Gasteiger partial charge on any atom is 0.338 e. The molecule has 27 heavy (non-hydrogen) atoms. The first kappa shape index (κ1) is 19.4. The summed E-state index contributed by atoms with van der Waals surface area (Å²) in [6.45, 7) is 2.71. The molecule has 2 amide bonds. The molecule has 6 nitrogen and oxygen atoms in total. The van der Waals surface area contributed by atoms with Crippen LogP contribution in [0.4, 0.5) is 5.69 Å². The van der Waals surface area contributed by atoms with Gasteiger partial charge in [-0.05, 0) is 62.3 Å². The minimum atomic E-state index is -0.520. The average molecular weight is 372 g/mol. The molecule has 2 fully saturated rings. The van der Waals surface area contributed by atoms with Crippen LogP contribution in [0.1, 0.15) is 55.8 Å². The number of nitrogens with zero attached hydrogens (tertiary/aromatic N) is 2. The standard InChI is InChI=1S/C21H28N2O4/c1-15-5-9-17(10-6-15)22(2)20(25)14-27-21(26)16-7-11-18(12-8-16)23-13-3-4-19(23)24/h7-8,11-12,15,17H,3-6,9-10,13-14H2,1-2H3. The Morgan fingerprint density at radius 1 is 1.15 bits per heavy atom. The zero-order chi connectivity index (χ0) is 19.4. The van der Waals surface area contributed by atoms with E-state index in [4.69, 9.17) is 4.74 Å². The number of benzene rings is 1. The molecule has 1 aromatic carbocycles. The van der Waals surface area contributed by atoms with Crippen LogP contribution in [0.2, 0.25) is 0 Å². The van der Waals surface area contributed by atoms with Gasteiger partial charge in [0.25, 0.3) is 5.91 Å². The fraction of sp³-hybridized carbons (Fsp3) is 0.571. The maximum absolute atomic E-state index is 12.3. The van der Waals surface area contributed by atoms with Crippen molar-refractivity contribution in [2.45, 2.75) is 51.5 Å². The summed E-state index contributed by atoms with van der Waals surface area (Å²) in [7, 11) is 1.79. The molecule has 1 aliphatic heterocycles. The Kier molecular flexibility index (Phi) is 6.14. The molecule has 1 aliphatic carbocycles. The summed E-state index contributed by atoms with van der Waals surface area (Å²) in [5.41, 5.74) is 1.17. The van der Waals surface area contributed by atoms with Crippen LogP contribution in [0.15, 0.2) is 24.3 Å². The van der Waals surface area contributed by atoms with Crippen molar-refractivity contribution in [1.29, 1.82) is 0 Å². The van der Waals surface area contributed by atoms with Crippen molar-refractivity contribution in [1.82, 2.24) is 4.90 Å². The number of carbonyl (C=O) groups is 3. The first-order valence-corrected chi connectivity index (χ1v) is 9.79. The predicted octanol–water partition coefficient (Wildman–Crippen LogP) is 3.01. The van der Waals surface area contributed by atoms with Crippen LogP contribution < -0.4 is 4.90 Å². The predicted molar refractivity (Wildman–Crippen MR) is 103 cm³/mol. The first-order valence-electron chi connectivity index (χ1n) is 9.79. The summed E-state index contributed by atoms with van der Waals surface area (Å²) >= 11 is 0. The van der Waals surface area contributed by atoms with Crippen LogP contribution in [-0.2, 0) is 14.3 Å². The molecule has 3 rings (SSSR count). The van der Waals surface area contributed by atoms with E-state index in [-0.39, 0.29) is 24.5 Å². The highest BCUT2D eigenvalue weighted by Crippen LogP contribution is 2.26. The smallest absolute Gasteiger partial charge is 0.338 e. The molecule has 146 valence electrons. The molecule has 0 radical (unpaired) electrons. The molecule has 0 spiro atoms. The van der Waals surface area contributed by atoms with Gasteiger partial charge in [0.15, 0.2) is 6.61 Å². The zero-order valence-electron chi connectivity index (χ0n) is 16.1. The lowest BCUT2D eigenvalue weighted by Gasteiger charge is -2.33. The van der Waals surface area contributed by atoms with Gasteiger partial charge in [0.2, 0.25) is 5.91 Å². The lowest BCUT2D eigenvalue weighted by Crippen LogP contribution is -2.41. The van der Waals surface area contributed by atoms with Crippen LogP contribution in [0.3, 0.4) is 0 Å². The maximum atomic E-state index is 12.3. The van der Waals surface area contributed by atoms with E-state index < -0.39 is 5.97 Å². The summed E-state index contributed by atoms with van der Waals surface area (Å²) in [6.07, 6.45) is 5.71. The summed E-state index contributed by atoms with van der Waals surface area (Å²) in [5, 5.41) is 0. The number of amides is 2. The third kappa shape index (κ3) is 4.67. The van der Waals surface area contributed by atoms with E-state index in [2.05, 4.69) is 6.92 Å². The van der Waals surface area contributed by atoms with Gasteiger partial charge in [-0.25, -0.2) is 4.79 Å². The number of rotatable bonds is 5.